The molecule has 0 aliphatic rings. The van der Waals surface area contributed by atoms with Gasteiger partial charge in [0.1, 0.15) is 37.1 Å². The second-order valence-electron chi connectivity index (χ2n) is 22.4. The lowest BCUT2D eigenvalue weighted by Gasteiger charge is -2.27. The Bertz CT molecular complexity index is 3070. The molecule has 4 aromatic carbocycles. The number of hydrazine groups is 4. The number of aryl methyl sites for hydroxylation is 1. The molecule has 0 radical (unpaired) electrons. The van der Waals surface area contributed by atoms with E-state index in [4.69, 9.17) is 86.6 Å². The molecule has 0 atom stereocenters. The molecule has 0 unspecified atom stereocenters. The standard InChI is InChI=1S/C64H102N12O27P8/c1-46-18-20-54(21-19-46)101-37-49-26-55(102-35-47-22-50(61(81)69-65-57(77)31-73(38-104(85-2)86-3)39-105(87-4)88-5)28-51(23-47)62(82)70-66-58(78)32-74(40-106(89-6)90-7)41-107(91-8)92-9)30-56(27-49)103-36-48-24-52(63(83)71-67-59(79)33-75(42-108(93-10)94-11)43-109(95-12)96-13)29-53(25-48)64(84)72-68-60(80)34-76(44-110(97-14)98-15)45-111(99-16)100-17/h18-30H,31-45H2,1-17H3,(H,65,77)(H,66,78)(H,67,79)(H,68,80)(H,69,81)(H,70,82)(H,71,83)(H,72,84). The molecule has 4 aromatic rings. The lowest BCUT2D eigenvalue weighted by atomic mass is 10.0. The maximum Gasteiger partial charge on any atom is 0.269 e. The lowest BCUT2D eigenvalue weighted by molar-refractivity contribution is -0.123. The van der Waals surface area contributed by atoms with Crippen LogP contribution in [0.25, 0.3) is 0 Å². The third kappa shape index (κ3) is 37.4. The number of carbonyl (C=O) groups is 8. The van der Waals surface area contributed by atoms with E-state index < -0.39 is 114 Å². The summed E-state index contributed by atoms with van der Waals surface area (Å²) in [5.74, 6) is -5.13. The number of nitrogens with one attached hydrogen (secondary N) is 8. The van der Waals surface area contributed by atoms with Crippen LogP contribution in [0.1, 0.15) is 63.7 Å². The van der Waals surface area contributed by atoms with Gasteiger partial charge in [0.05, 0.1) is 76.5 Å². The molecule has 47 heteroatoms. The number of ether oxygens (including phenoxy) is 3. The van der Waals surface area contributed by atoms with Crippen LogP contribution in [0.3, 0.4) is 0 Å². The maximum atomic E-state index is 14.2. The van der Waals surface area contributed by atoms with E-state index in [1.54, 1.807) is 43.9 Å². The Balaban J connectivity index is 1.78. The summed E-state index contributed by atoms with van der Waals surface area (Å²) >= 11 is 0. The van der Waals surface area contributed by atoms with Crippen molar-refractivity contribution in [2.24, 2.45) is 0 Å². The van der Waals surface area contributed by atoms with Crippen LogP contribution in [0.15, 0.2) is 78.9 Å². The molecular weight excluding hydrogens is 1620 g/mol. The topological polar surface area (TPSA) is 421 Å². The van der Waals surface area contributed by atoms with Crippen molar-refractivity contribution < 1.29 is 125 Å². The van der Waals surface area contributed by atoms with Gasteiger partial charge in [0.2, 0.25) is 0 Å². The normalized spacial score (nSPS) is 11.7. The second kappa shape index (κ2) is 55.3. The molecular formula is C64H102N12O27P8. The monoisotopic (exact) mass is 1720 g/mol. The molecule has 8 N–H and O–H groups in total. The van der Waals surface area contributed by atoms with Crippen molar-refractivity contribution >= 4 is 114 Å². The average Bonchev–Trinajstić information content (AvgIpc) is 0.832. The molecule has 8 amide bonds. The highest BCUT2D eigenvalue weighted by atomic mass is 31.2. The summed E-state index contributed by atoms with van der Waals surface area (Å²) < 4.78 is 106. The molecule has 0 fully saturated rings. The summed E-state index contributed by atoms with van der Waals surface area (Å²) in [5.41, 5.74) is 20.8. The van der Waals surface area contributed by atoms with E-state index in [9.17, 15) is 38.4 Å². The van der Waals surface area contributed by atoms with E-state index in [1.807, 2.05) is 19.1 Å². The van der Waals surface area contributed by atoms with Crippen molar-refractivity contribution in [1.29, 1.82) is 0 Å². The summed E-state index contributed by atoms with van der Waals surface area (Å²) in [6, 6.07) is 20.4. The number of rotatable bonds is 53. The zero-order valence-corrected chi connectivity index (χ0v) is 72.2. The Kier molecular flexibility index (Phi) is 48.8. The van der Waals surface area contributed by atoms with Crippen LogP contribution >= 0.6 is 67.0 Å². The van der Waals surface area contributed by atoms with Gasteiger partial charge in [-0.05, 0) is 84.3 Å². The summed E-state index contributed by atoms with van der Waals surface area (Å²) in [6.45, 7) is 0.186. The van der Waals surface area contributed by atoms with Gasteiger partial charge in [-0.15, -0.1) is 0 Å². The largest absolute Gasteiger partial charge is 0.489 e. The van der Waals surface area contributed by atoms with E-state index in [-0.39, 0.29) is 141 Å². The smallest absolute Gasteiger partial charge is 0.269 e. The predicted octanol–water partition coefficient (Wildman–Crippen LogP) is 7.48. The van der Waals surface area contributed by atoms with Crippen molar-refractivity contribution in [3.63, 3.8) is 0 Å². The Morgan fingerprint density at radius 1 is 0.261 bits per heavy atom. The van der Waals surface area contributed by atoms with Gasteiger partial charge in [-0.25, -0.2) is 0 Å². The molecule has 620 valence electrons. The molecule has 0 saturated heterocycles. The highest BCUT2D eigenvalue weighted by molar-refractivity contribution is 7.49. The third-order valence-corrected chi connectivity index (χ3v) is 26.3. The van der Waals surface area contributed by atoms with Gasteiger partial charge in [-0.2, -0.15) is 0 Å². The van der Waals surface area contributed by atoms with Gasteiger partial charge in [0.25, 0.3) is 47.3 Å². The minimum atomic E-state index is -1.45. The zero-order valence-electron chi connectivity index (χ0n) is 65.0. The Morgan fingerprint density at radius 3 is 0.667 bits per heavy atom. The maximum absolute atomic E-state index is 14.2. The van der Waals surface area contributed by atoms with Gasteiger partial charge in [0.15, 0.2) is 67.0 Å². The van der Waals surface area contributed by atoms with Crippen molar-refractivity contribution in [1.82, 2.24) is 63.0 Å². The minimum Gasteiger partial charge on any atom is -0.489 e. The summed E-state index contributed by atoms with van der Waals surface area (Å²) in [6.07, 6.45) is 1.41. The van der Waals surface area contributed by atoms with Gasteiger partial charge >= 0.3 is 0 Å². The van der Waals surface area contributed by atoms with Crippen molar-refractivity contribution in [2.75, 3.05) is 190 Å². The van der Waals surface area contributed by atoms with Gasteiger partial charge < -0.3 is 86.6 Å². The Hall–Kier alpha value is -5.32. The molecule has 0 spiro atoms. The molecule has 0 bridgehead atoms. The van der Waals surface area contributed by atoms with Crippen LogP contribution < -0.4 is 57.6 Å². The van der Waals surface area contributed by atoms with Gasteiger partial charge in [-0.1, -0.05) is 17.7 Å². The SMILES string of the molecule is COP(CN(CC(=O)NNC(=O)c1cc(COc2cc(COc3ccc(C)cc3)cc(OCc3cc(C(=O)NNC(=O)CN(CP(OC)OC)CP(OC)OC)cc(C(=O)NNC(=O)CN(CP(OC)OC)CP(OC)OC)c3)c2)cc(C(=O)NNC(=O)CN(CP(OC)OC)CP(OC)OC)c1)CP(OC)OC)OC. The van der Waals surface area contributed by atoms with E-state index in [2.05, 4.69) is 43.4 Å². The molecule has 0 aliphatic heterocycles. The van der Waals surface area contributed by atoms with Crippen LogP contribution in [0.2, 0.25) is 0 Å². The molecule has 111 heavy (non-hydrogen) atoms. The summed E-state index contributed by atoms with van der Waals surface area (Å²) in [5, 5.41) is 0. The first kappa shape index (κ1) is 98.0. The highest BCUT2D eigenvalue weighted by Crippen LogP contribution is 2.45. The van der Waals surface area contributed by atoms with Gasteiger partial charge in [0, 0.05) is 142 Å². The summed E-state index contributed by atoms with van der Waals surface area (Å²) in [7, 11) is 11.9. The molecule has 0 aliphatic carbocycles. The van der Waals surface area contributed by atoms with E-state index in [1.165, 1.54) is 156 Å². The number of benzene rings is 4. The minimum absolute atomic E-state index is 0.0293. The van der Waals surface area contributed by atoms with Crippen LogP contribution in [0, 0.1) is 6.92 Å². The van der Waals surface area contributed by atoms with Crippen molar-refractivity contribution in [3.8, 4) is 17.2 Å². The highest BCUT2D eigenvalue weighted by Gasteiger charge is 2.28. The predicted molar refractivity (Wildman–Crippen MR) is 419 cm³/mol. The van der Waals surface area contributed by atoms with Crippen LogP contribution in [-0.2, 0) is 111 Å². The Morgan fingerprint density at radius 2 is 0.459 bits per heavy atom. The first-order valence-electron chi connectivity index (χ1n) is 32.9. The number of hydrogen-bond acceptors (Lipinski definition) is 31. The first-order valence-corrected chi connectivity index (χ1v) is 43.8. The van der Waals surface area contributed by atoms with Crippen molar-refractivity contribution in [2.45, 2.75) is 26.7 Å². The first-order chi connectivity index (χ1) is 53.4. The number of carbonyl (C=O) groups excluding carboxylic acids is 8. The zero-order chi connectivity index (χ0) is 81.8. The molecule has 4 rings (SSSR count). The summed E-state index contributed by atoms with van der Waals surface area (Å²) in [4.78, 5) is 118. The molecule has 0 saturated carbocycles. The van der Waals surface area contributed by atoms with Gasteiger partial charge in [-0.3, -0.25) is 101 Å². The van der Waals surface area contributed by atoms with Crippen LogP contribution in [0.4, 0.5) is 0 Å². The molecule has 39 nitrogen and oxygen atoms in total. The number of amides is 8. The Labute approximate surface area is 656 Å². The van der Waals surface area contributed by atoms with Crippen molar-refractivity contribution in [3.05, 3.63) is 123 Å². The van der Waals surface area contributed by atoms with E-state index in [0.717, 1.165) is 5.56 Å². The average molecular weight is 1720 g/mol. The fourth-order valence-corrected chi connectivity index (χ4v) is 17.1. The van der Waals surface area contributed by atoms with E-state index >= 15 is 0 Å². The molecule has 0 heterocycles. The fraction of sp³-hybridized carbons (Fsp3) is 0.500. The fourth-order valence-electron chi connectivity index (χ4n) is 9.26. The second-order valence-corrected chi connectivity index (χ2v) is 35.8. The van der Waals surface area contributed by atoms with Crippen LogP contribution in [-0.4, -0.2) is 257 Å². The third-order valence-electron chi connectivity index (χ3n) is 14.7. The quantitative estimate of drug-likeness (QED) is 0.0157. The van der Waals surface area contributed by atoms with E-state index in [0.29, 0.717) is 11.3 Å². The number of hydrogen-bond donors (Lipinski definition) is 8. The number of nitrogens with zero attached hydrogens (tertiary/aromatic N) is 4. The molecule has 0 aromatic heterocycles. The van der Waals surface area contributed by atoms with Crippen LogP contribution in [0.5, 0.6) is 17.2 Å². The lowest BCUT2D eigenvalue weighted by Crippen LogP contribution is -2.47.